The van der Waals surface area contributed by atoms with Crippen LogP contribution in [0.25, 0.3) is 11.3 Å². The van der Waals surface area contributed by atoms with Gasteiger partial charge in [-0.2, -0.15) is 0 Å². The van der Waals surface area contributed by atoms with E-state index in [1.165, 1.54) is 0 Å². The van der Waals surface area contributed by atoms with E-state index in [4.69, 9.17) is 0 Å². The fraction of sp³-hybridized carbons (Fsp3) is 0.250. The van der Waals surface area contributed by atoms with Gasteiger partial charge in [-0.05, 0) is 18.4 Å². The van der Waals surface area contributed by atoms with Crippen LogP contribution in [0.1, 0.15) is 18.4 Å². The van der Waals surface area contributed by atoms with Gasteiger partial charge in [0.2, 0.25) is 0 Å². The Hall–Kier alpha value is -3.54. The molecule has 2 heterocycles. The van der Waals surface area contributed by atoms with Crippen LogP contribution >= 0.6 is 0 Å². The van der Waals surface area contributed by atoms with E-state index in [0.717, 1.165) is 16.8 Å². The fourth-order valence-electron chi connectivity index (χ4n) is 3.76. The van der Waals surface area contributed by atoms with Crippen molar-refractivity contribution in [2.24, 2.45) is 5.92 Å². The van der Waals surface area contributed by atoms with Crippen LogP contribution in [-0.4, -0.2) is 39.4 Å². The third-order valence-corrected chi connectivity index (χ3v) is 5.50. The van der Waals surface area contributed by atoms with Crippen molar-refractivity contribution in [2.45, 2.75) is 25.3 Å². The van der Waals surface area contributed by atoms with E-state index in [9.17, 15) is 14.7 Å². The first-order chi connectivity index (χ1) is 14.6. The number of carbonyl (C=O) groups is 2. The molecule has 152 valence electrons. The zero-order valence-electron chi connectivity index (χ0n) is 16.5. The van der Waals surface area contributed by atoms with Gasteiger partial charge in [0, 0.05) is 18.5 Å². The predicted octanol–water partition coefficient (Wildman–Crippen LogP) is 3.63. The minimum atomic E-state index is -0.941. The smallest absolute Gasteiger partial charge is 0.307 e. The molecular weight excluding hydrogens is 378 g/mol. The van der Waals surface area contributed by atoms with Gasteiger partial charge in [0.25, 0.3) is 0 Å². The number of Topliss-reactive ketones (excluding diaryl/α,β-unsaturated/α-hetero) is 1. The molecule has 0 amide bonds. The molecule has 2 atom stereocenters. The Labute approximate surface area is 175 Å². The maximum absolute atomic E-state index is 12.9. The average molecular weight is 401 g/mol. The molecule has 6 heteroatoms. The number of ketones is 1. The maximum Gasteiger partial charge on any atom is 0.307 e. The first kappa shape index (κ1) is 19.8. The molecule has 0 bridgehead atoms. The van der Waals surface area contributed by atoms with E-state index in [1.807, 2.05) is 65.6 Å². The van der Waals surface area contributed by atoms with Gasteiger partial charge in [0.1, 0.15) is 5.82 Å². The molecule has 3 aromatic rings. The van der Waals surface area contributed by atoms with Crippen molar-refractivity contribution in [1.29, 1.82) is 0 Å². The number of carboxylic acids is 1. The first-order valence-corrected chi connectivity index (χ1v) is 10.1. The molecule has 2 aromatic carbocycles. The van der Waals surface area contributed by atoms with Crippen molar-refractivity contribution in [2.75, 3.05) is 11.4 Å². The number of aromatic nitrogens is 2. The van der Waals surface area contributed by atoms with Gasteiger partial charge in [-0.15, -0.1) is 0 Å². The molecule has 1 N–H and O–H groups in total. The Kier molecular flexibility index (Phi) is 5.84. The second-order valence-electron chi connectivity index (χ2n) is 7.52. The number of hydrogen-bond acceptors (Lipinski definition) is 5. The van der Waals surface area contributed by atoms with Crippen LogP contribution in [0, 0.1) is 5.92 Å². The largest absolute Gasteiger partial charge is 0.481 e. The second kappa shape index (κ2) is 8.86. The Morgan fingerprint density at radius 3 is 2.37 bits per heavy atom. The topological polar surface area (TPSA) is 83.4 Å². The lowest BCUT2D eigenvalue weighted by Crippen LogP contribution is -2.53. The van der Waals surface area contributed by atoms with Crippen molar-refractivity contribution < 1.29 is 14.7 Å². The Morgan fingerprint density at radius 2 is 1.73 bits per heavy atom. The molecule has 0 unspecified atom stereocenters. The lowest BCUT2D eigenvalue weighted by Gasteiger charge is -2.41. The van der Waals surface area contributed by atoms with Crippen LogP contribution < -0.4 is 4.90 Å². The van der Waals surface area contributed by atoms with E-state index in [-0.39, 0.29) is 18.2 Å². The monoisotopic (exact) mass is 401 g/mol. The summed E-state index contributed by atoms with van der Waals surface area (Å²) in [6.45, 7) is 0.708. The second-order valence-corrected chi connectivity index (χ2v) is 7.52. The normalized spacial score (nSPS) is 16.5. The van der Waals surface area contributed by atoms with Crippen LogP contribution in [0.15, 0.2) is 73.1 Å². The zero-order valence-corrected chi connectivity index (χ0v) is 16.5. The third kappa shape index (κ3) is 4.38. The van der Waals surface area contributed by atoms with Gasteiger partial charge < -0.3 is 10.0 Å². The molecule has 0 spiro atoms. The van der Waals surface area contributed by atoms with Crippen molar-refractivity contribution >= 4 is 17.6 Å². The molecule has 0 saturated carbocycles. The van der Waals surface area contributed by atoms with Crippen LogP contribution in [0.3, 0.4) is 0 Å². The quantitative estimate of drug-likeness (QED) is 0.621. The molecule has 6 nitrogen and oxygen atoms in total. The summed E-state index contributed by atoms with van der Waals surface area (Å²) in [6, 6.07) is 18.8. The minimum absolute atomic E-state index is 0.0111. The highest BCUT2D eigenvalue weighted by atomic mass is 16.4. The van der Waals surface area contributed by atoms with Gasteiger partial charge in [-0.25, -0.2) is 4.98 Å². The number of benzene rings is 2. The summed E-state index contributed by atoms with van der Waals surface area (Å²) in [7, 11) is 0. The SMILES string of the molecule is O=C(O)[C@@H](CC(=O)[C@@H]1CCN1c1cncc(-c2ccccc2)n1)Cc1ccccc1. The average Bonchev–Trinajstić information content (AvgIpc) is 2.74. The summed E-state index contributed by atoms with van der Waals surface area (Å²) < 4.78 is 0. The van der Waals surface area contributed by atoms with Crippen LogP contribution in [0.5, 0.6) is 0 Å². The van der Waals surface area contributed by atoms with E-state index in [2.05, 4.69) is 9.97 Å². The summed E-state index contributed by atoms with van der Waals surface area (Å²) in [6.07, 6.45) is 4.42. The number of anilines is 1. The van der Waals surface area contributed by atoms with Crippen LogP contribution in [-0.2, 0) is 16.0 Å². The number of aliphatic carboxylic acids is 1. The van der Waals surface area contributed by atoms with E-state index in [1.54, 1.807) is 12.4 Å². The molecule has 1 saturated heterocycles. The minimum Gasteiger partial charge on any atom is -0.481 e. The third-order valence-electron chi connectivity index (χ3n) is 5.50. The molecule has 1 fully saturated rings. The standard InChI is InChI=1S/C24H23N3O3/c28-22(14-19(24(29)30)13-17-7-3-1-4-8-17)21-11-12-27(21)23-16-25-15-20(26-23)18-9-5-2-6-10-18/h1-10,15-16,19,21H,11-14H2,(H,29,30)/t19-,21+/m1/s1. The van der Waals surface area contributed by atoms with Gasteiger partial charge in [0.05, 0.1) is 30.0 Å². The molecule has 1 aliphatic heterocycles. The lowest BCUT2D eigenvalue weighted by atomic mass is 9.88. The highest BCUT2D eigenvalue weighted by molar-refractivity contribution is 5.91. The Bertz CT molecular complexity index is 1020. The highest BCUT2D eigenvalue weighted by Crippen LogP contribution is 2.29. The molecule has 1 aliphatic rings. The van der Waals surface area contributed by atoms with Crippen LogP contribution in [0.4, 0.5) is 5.82 Å². The molecule has 30 heavy (non-hydrogen) atoms. The summed E-state index contributed by atoms with van der Waals surface area (Å²) in [5, 5.41) is 9.61. The zero-order chi connectivity index (χ0) is 20.9. The Morgan fingerprint density at radius 1 is 1.03 bits per heavy atom. The van der Waals surface area contributed by atoms with Gasteiger partial charge in [0.15, 0.2) is 5.78 Å². The number of nitrogens with zero attached hydrogens (tertiary/aromatic N) is 3. The van der Waals surface area contributed by atoms with Crippen molar-refractivity contribution in [3.8, 4) is 11.3 Å². The van der Waals surface area contributed by atoms with Crippen molar-refractivity contribution in [1.82, 2.24) is 9.97 Å². The molecular formula is C24H23N3O3. The van der Waals surface area contributed by atoms with E-state index >= 15 is 0 Å². The Balaban J connectivity index is 1.46. The summed E-state index contributed by atoms with van der Waals surface area (Å²) in [5.41, 5.74) is 2.63. The number of carbonyl (C=O) groups excluding carboxylic acids is 1. The van der Waals surface area contributed by atoms with Crippen molar-refractivity contribution in [3.63, 3.8) is 0 Å². The van der Waals surface area contributed by atoms with E-state index < -0.39 is 11.9 Å². The first-order valence-electron chi connectivity index (χ1n) is 10.1. The van der Waals surface area contributed by atoms with Gasteiger partial charge in [-0.1, -0.05) is 60.7 Å². The lowest BCUT2D eigenvalue weighted by molar-refractivity contribution is -0.144. The molecule has 0 aliphatic carbocycles. The number of hydrogen-bond donors (Lipinski definition) is 1. The number of carboxylic acid groups (broad SMARTS) is 1. The molecule has 0 radical (unpaired) electrons. The van der Waals surface area contributed by atoms with Crippen molar-refractivity contribution in [3.05, 3.63) is 78.6 Å². The van der Waals surface area contributed by atoms with E-state index in [0.29, 0.717) is 25.2 Å². The summed E-state index contributed by atoms with van der Waals surface area (Å²) in [5.74, 6) is -1.08. The fourth-order valence-corrected chi connectivity index (χ4v) is 3.76. The van der Waals surface area contributed by atoms with Gasteiger partial charge in [-0.3, -0.25) is 14.6 Å². The highest BCUT2D eigenvalue weighted by Gasteiger charge is 2.37. The summed E-state index contributed by atoms with van der Waals surface area (Å²) >= 11 is 0. The predicted molar refractivity (Wildman–Crippen MR) is 114 cm³/mol. The number of rotatable bonds is 8. The maximum atomic E-state index is 12.9. The summed E-state index contributed by atoms with van der Waals surface area (Å²) in [4.78, 5) is 35.5. The molecule has 4 rings (SSSR count). The molecule has 1 aromatic heterocycles. The van der Waals surface area contributed by atoms with Crippen LogP contribution in [0.2, 0.25) is 0 Å². The van der Waals surface area contributed by atoms with Gasteiger partial charge >= 0.3 is 5.97 Å².